The van der Waals surface area contributed by atoms with Crippen molar-refractivity contribution < 1.29 is 10.0 Å². The third-order valence-electron chi connectivity index (χ3n) is 4.26. The summed E-state index contributed by atoms with van der Waals surface area (Å²) in [4.78, 5) is 19.1. The fourth-order valence-electron chi connectivity index (χ4n) is 2.86. The zero-order valence-corrected chi connectivity index (χ0v) is 13.9. The number of hydrogen-bond acceptors (Lipinski definition) is 8. The van der Waals surface area contributed by atoms with E-state index in [9.17, 15) is 15.2 Å². The molecule has 3 N–H and O–H groups in total. The van der Waals surface area contributed by atoms with Gasteiger partial charge in [-0.05, 0) is 43.9 Å². The molecule has 0 radical (unpaired) electrons. The molecule has 2 aromatic rings. The van der Waals surface area contributed by atoms with E-state index in [4.69, 9.17) is 5.26 Å². The van der Waals surface area contributed by atoms with Crippen molar-refractivity contribution in [3.05, 3.63) is 46.1 Å². The van der Waals surface area contributed by atoms with E-state index in [0.29, 0.717) is 17.2 Å². The molecule has 0 amide bonds. The van der Waals surface area contributed by atoms with Gasteiger partial charge in [-0.1, -0.05) is 0 Å². The van der Waals surface area contributed by atoms with Crippen LogP contribution in [0.25, 0.3) is 0 Å². The van der Waals surface area contributed by atoms with Crippen LogP contribution in [0, 0.1) is 21.4 Å². The van der Waals surface area contributed by atoms with E-state index in [1.54, 1.807) is 18.2 Å². The van der Waals surface area contributed by atoms with Gasteiger partial charge in [0.25, 0.3) is 0 Å². The first-order valence-corrected chi connectivity index (χ1v) is 8.28. The SMILES string of the molecule is N#Cc1ccc(Nc2nc(NC3CCC(O)CC3)ccc2[N+](=O)[O-])nc1. The third-order valence-corrected chi connectivity index (χ3v) is 4.26. The van der Waals surface area contributed by atoms with E-state index >= 15 is 0 Å². The predicted octanol–water partition coefficient (Wildman–Crippen LogP) is 2.72. The van der Waals surface area contributed by atoms with Crippen LogP contribution in [0.3, 0.4) is 0 Å². The maximum absolute atomic E-state index is 11.3. The number of aliphatic hydroxyl groups is 1. The Morgan fingerprint density at radius 3 is 2.54 bits per heavy atom. The molecule has 1 aliphatic rings. The molecule has 1 fully saturated rings. The summed E-state index contributed by atoms with van der Waals surface area (Å²) in [5.74, 6) is 0.957. The highest BCUT2D eigenvalue weighted by atomic mass is 16.6. The van der Waals surface area contributed by atoms with Crippen molar-refractivity contribution in [1.82, 2.24) is 9.97 Å². The van der Waals surface area contributed by atoms with Gasteiger partial charge >= 0.3 is 5.69 Å². The van der Waals surface area contributed by atoms with Crippen LogP contribution in [0.15, 0.2) is 30.5 Å². The lowest BCUT2D eigenvalue weighted by Crippen LogP contribution is -2.28. The van der Waals surface area contributed by atoms with E-state index in [0.717, 1.165) is 25.7 Å². The van der Waals surface area contributed by atoms with Crippen molar-refractivity contribution in [3.63, 3.8) is 0 Å². The molecular weight excluding hydrogens is 336 g/mol. The molecule has 0 spiro atoms. The molecule has 0 saturated heterocycles. The summed E-state index contributed by atoms with van der Waals surface area (Å²) in [5.41, 5.74) is 0.230. The number of anilines is 3. The third kappa shape index (κ3) is 4.23. The Morgan fingerprint density at radius 1 is 1.19 bits per heavy atom. The van der Waals surface area contributed by atoms with Gasteiger partial charge < -0.3 is 15.7 Å². The van der Waals surface area contributed by atoms with Crippen LogP contribution in [0.5, 0.6) is 0 Å². The Balaban J connectivity index is 1.79. The van der Waals surface area contributed by atoms with E-state index in [2.05, 4.69) is 20.6 Å². The van der Waals surface area contributed by atoms with Crippen molar-refractivity contribution in [2.45, 2.75) is 37.8 Å². The maximum Gasteiger partial charge on any atom is 0.311 e. The van der Waals surface area contributed by atoms with Crippen LogP contribution < -0.4 is 10.6 Å². The molecule has 0 bridgehead atoms. The number of nitriles is 1. The van der Waals surface area contributed by atoms with Crippen molar-refractivity contribution in [2.24, 2.45) is 0 Å². The fraction of sp³-hybridized carbons (Fsp3) is 0.353. The summed E-state index contributed by atoms with van der Waals surface area (Å²) >= 11 is 0. The lowest BCUT2D eigenvalue weighted by atomic mass is 9.93. The van der Waals surface area contributed by atoms with Crippen LogP contribution in [-0.4, -0.2) is 32.1 Å². The zero-order valence-electron chi connectivity index (χ0n) is 13.9. The average molecular weight is 354 g/mol. The number of aromatic nitrogens is 2. The van der Waals surface area contributed by atoms with Crippen LogP contribution in [0.4, 0.5) is 23.1 Å². The molecule has 9 nitrogen and oxygen atoms in total. The molecular formula is C17H18N6O3. The maximum atomic E-state index is 11.3. The second-order valence-corrected chi connectivity index (χ2v) is 6.14. The standard InChI is InChI=1S/C17H18N6O3/c18-9-11-1-7-15(19-10-11)21-17-14(23(25)26)6-8-16(22-17)20-12-2-4-13(24)5-3-12/h1,6-8,10,12-13,24H,2-5H2,(H2,19,20,21,22). The molecule has 2 aromatic heterocycles. The summed E-state index contributed by atoms with van der Waals surface area (Å²) < 4.78 is 0. The van der Waals surface area contributed by atoms with Crippen LogP contribution in [-0.2, 0) is 0 Å². The summed E-state index contributed by atoms with van der Waals surface area (Å²) in [6, 6.07) is 8.22. The molecule has 0 atom stereocenters. The monoisotopic (exact) mass is 354 g/mol. The van der Waals surface area contributed by atoms with Gasteiger partial charge in [0, 0.05) is 18.3 Å². The van der Waals surface area contributed by atoms with Gasteiger partial charge in [0.1, 0.15) is 17.7 Å². The number of pyridine rings is 2. The highest BCUT2D eigenvalue weighted by molar-refractivity contribution is 5.66. The molecule has 26 heavy (non-hydrogen) atoms. The van der Waals surface area contributed by atoms with Gasteiger partial charge in [0.05, 0.1) is 16.6 Å². The van der Waals surface area contributed by atoms with E-state index in [1.165, 1.54) is 12.3 Å². The van der Waals surface area contributed by atoms with Crippen LogP contribution in [0.1, 0.15) is 31.2 Å². The number of rotatable bonds is 5. The van der Waals surface area contributed by atoms with Crippen molar-refractivity contribution in [3.8, 4) is 6.07 Å². The molecule has 1 saturated carbocycles. The Bertz CT molecular complexity index is 825. The first-order valence-electron chi connectivity index (χ1n) is 8.28. The smallest absolute Gasteiger partial charge is 0.311 e. The topological polar surface area (TPSA) is 137 Å². The first-order chi connectivity index (χ1) is 12.5. The summed E-state index contributed by atoms with van der Waals surface area (Å²) in [6.45, 7) is 0. The minimum Gasteiger partial charge on any atom is -0.393 e. The number of aliphatic hydroxyl groups excluding tert-OH is 1. The lowest BCUT2D eigenvalue weighted by Gasteiger charge is -2.26. The Kier molecular flexibility index (Phi) is 5.24. The predicted molar refractivity (Wildman–Crippen MR) is 95.0 cm³/mol. The Hall–Kier alpha value is -3.25. The fourth-order valence-corrected chi connectivity index (χ4v) is 2.86. The molecule has 0 aromatic carbocycles. The van der Waals surface area contributed by atoms with Gasteiger partial charge in [-0.25, -0.2) is 9.97 Å². The zero-order chi connectivity index (χ0) is 18.5. The highest BCUT2D eigenvalue weighted by Gasteiger charge is 2.21. The van der Waals surface area contributed by atoms with E-state index in [-0.39, 0.29) is 23.7 Å². The van der Waals surface area contributed by atoms with Crippen molar-refractivity contribution in [1.29, 1.82) is 5.26 Å². The summed E-state index contributed by atoms with van der Waals surface area (Å²) in [7, 11) is 0. The number of nitro groups is 1. The van der Waals surface area contributed by atoms with Crippen LogP contribution >= 0.6 is 0 Å². The second-order valence-electron chi connectivity index (χ2n) is 6.14. The van der Waals surface area contributed by atoms with Crippen LogP contribution in [0.2, 0.25) is 0 Å². The number of nitrogens with zero attached hydrogens (tertiary/aromatic N) is 4. The van der Waals surface area contributed by atoms with Gasteiger partial charge in [-0.3, -0.25) is 10.1 Å². The van der Waals surface area contributed by atoms with Gasteiger partial charge in [0.2, 0.25) is 5.82 Å². The normalized spacial score (nSPS) is 19.4. The van der Waals surface area contributed by atoms with Crippen molar-refractivity contribution in [2.75, 3.05) is 10.6 Å². The van der Waals surface area contributed by atoms with Gasteiger partial charge in [0.15, 0.2) is 0 Å². The highest BCUT2D eigenvalue weighted by Crippen LogP contribution is 2.28. The average Bonchev–Trinajstić information content (AvgIpc) is 2.64. The first kappa shape index (κ1) is 17.6. The minimum atomic E-state index is -0.514. The molecule has 3 rings (SSSR count). The van der Waals surface area contributed by atoms with Gasteiger partial charge in [-0.2, -0.15) is 5.26 Å². The molecule has 1 aliphatic carbocycles. The number of nitrogens with one attached hydrogen (secondary N) is 2. The molecule has 0 aliphatic heterocycles. The molecule has 2 heterocycles. The lowest BCUT2D eigenvalue weighted by molar-refractivity contribution is -0.384. The largest absolute Gasteiger partial charge is 0.393 e. The quantitative estimate of drug-likeness (QED) is 0.550. The summed E-state index contributed by atoms with van der Waals surface area (Å²) in [5, 5.41) is 35.8. The Labute approximate surface area is 149 Å². The molecule has 0 unspecified atom stereocenters. The second kappa shape index (κ2) is 7.76. The molecule has 9 heteroatoms. The minimum absolute atomic E-state index is 0.0769. The van der Waals surface area contributed by atoms with E-state index < -0.39 is 4.92 Å². The Morgan fingerprint density at radius 2 is 1.92 bits per heavy atom. The van der Waals surface area contributed by atoms with Crippen molar-refractivity contribution >= 4 is 23.1 Å². The molecule has 134 valence electrons. The van der Waals surface area contributed by atoms with Gasteiger partial charge in [-0.15, -0.1) is 0 Å². The van der Waals surface area contributed by atoms with E-state index in [1.807, 2.05) is 6.07 Å². The summed E-state index contributed by atoms with van der Waals surface area (Å²) in [6.07, 6.45) is 4.22. The number of hydrogen-bond donors (Lipinski definition) is 3.